The van der Waals surface area contributed by atoms with Crippen LogP contribution in [-0.4, -0.2) is 42.4 Å². The number of carbonyl (C=O) groups excluding carboxylic acids is 2. The SMILES string of the molecule is CCCN(CC)C(=O)c1ccc(C(=O)NCC(N)C2CC2)cc1. The fourth-order valence-electron chi connectivity index (χ4n) is 2.62. The van der Waals surface area contributed by atoms with Crippen molar-refractivity contribution in [2.75, 3.05) is 19.6 Å². The van der Waals surface area contributed by atoms with Crippen LogP contribution in [0.4, 0.5) is 0 Å². The third-order valence-electron chi connectivity index (χ3n) is 4.28. The minimum Gasteiger partial charge on any atom is -0.350 e. The lowest BCUT2D eigenvalue weighted by atomic mass is 10.1. The molecule has 0 saturated heterocycles. The number of hydrogen-bond acceptors (Lipinski definition) is 3. The van der Waals surface area contributed by atoms with Crippen molar-refractivity contribution in [3.63, 3.8) is 0 Å². The second-order valence-electron chi connectivity index (χ2n) is 6.17. The molecule has 1 aliphatic rings. The summed E-state index contributed by atoms with van der Waals surface area (Å²) in [6.45, 7) is 5.96. The predicted octanol–water partition coefficient (Wildman–Crippen LogP) is 2.03. The summed E-state index contributed by atoms with van der Waals surface area (Å²) in [6, 6.07) is 6.88. The molecule has 23 heavy (non-hydrogen) atoms. The van der Waals surface area contributed by atoms with Crippen LogP contribution in [0.5, 0.6) is 0 Å². The zero-order valence-corrected chi connectivity index (χ0v) is 14.0. The highest BCUT2D eigenvalue weighted by Gasteiger charge is 2.28. The number of amides is 2. The molecule has 3 N–H and O–H groups in total. The first-order valence-electron chi connectivity index (χ1n) is 8.49. The molecule has 1 aliphatic carbocycles. The third kappa shape index (κ3) is 4.79. The molecule has 0 heterocycles. The maximum atomic E-state index is 12.4. The van der Waals surface area contributed by atoms with Gasteiger partial charge in [0.2, 0.25) is 0 Å². The van der Waals surface area contributed by atoms with Crippen LogP contribution in [0.1, 0.15) is 53.8 Å². The minimum atomic E-state index is -0.138. The number of rotatable bonds is 8. The fourth-order valence-corrected chi connectivity index (χ4v) is 2.62. The first-order chi connectivity index (χ1) is 11.1. The molecule has 5 nitrogen and oxygen atoms in total. The Morgan fingerprint density at radius 3 is 2.35 bits per heavy atom. The van der Waals surface area contributed by atoms with Crippen molar-refractivity contribution in [1.82, 2.24) is 10.2 Å². The Kier molecular flexibility index (Phi) is 6.16. The Morgan fingerprint density at radius 2 is 1.83 bits per heavy atom. The highest BCUT2D eigenvalue weighted by Crippen LogP contribution is 2.31. The highest BCUT2D eigenvalue weighted by atomic mass is 16.2. The summed E-state index contributed by atoms with van der Waals surface area (Å²) in [5, 5.41) is 2.86. The van der Waals surface area contributed by atoms with E-state index >= 15 is 0 Å². The predicted molar refractivity (Wildman–Crippen MR) is 91.3 cm³/mol. The van der Waals surface area contributed by atoms with E-state index in [1.165, 1.54) is 12.8 Å². The molecule has 126 valence electrons. The molecule has 2 amide bonds. The van der Waals surface area contributed by atoms with Gasteiger partial charge in [0.25, 0.3) is 11.8 Å². The maximum absolute atomic E-state index is 12.4. The summed E-state index contributed by atoms with van der Waals surface area (Å²) < 4.78 is 0. The van der Waals surface area contributed by atoms with Crippen LogP contribution in [0.15, 0.2) is 24.3 Å². The molecule has 0 bridgehead atoms. The molecule has 1 aromatic rings. The molecule has 1 atom stereocenters. The van der Waals surface area contributed by atoms with E-state index in [-0.39, 0.29) is 17.9 Å². The van der Waals surface area contributed by atoms with Gasteiger partial charge in [-0.05, 0) is 56.4 Å². The molecule has 0 aliphatic heterocycles. The van der Waals surface area contributed by atoms with E-state index in [9.17, 15) is 9.59 Å². The first-order valence-corrected chi connectivity index (χ1v) is 8.49. The van der Waals surface area contributed by atoms with Gasteiger partial charge in [-0.15, -0.1) is 0 Å². The van der Waals surface area contributed by atoms with Gasteiger partial charge in [-0.3, -0.25) is 9.59 Å². The van der Waals surface area contributed by atoms with E-state index in [4.69, 9.17) is 5.73 Å². The number of carbonyl (C=O) groups is 2. The number of nitrogens with one attached hydrogen (secondary N) is 1. The van der Waals surface area contributed by atoms with Crippen LogP contribution < -0.4 is 11.1 Å². The average molecular weight is 317 g/mol. The summed E-state index contributed by atoms with van der Waals surface area (Å²) in [4.78, 5) is 26.3. The van der Waals surface area contributed by atoms with Gasteiger partial charge in [-0.2, -0.15) is 0 Å². The monoisotopic (exact) mass is 317 g/mol. The van der Waals surface area contributed by atoms with Gasteiger partial charge in [0.1, 0.15) is 0 Å². The summed E-state index contributed by atoms with van der Waals surface area (Å²) >= 11 is 0. The smallest absolute Gasteiger partial charge is 0.253 e. The van der Waals surface area contributed by atoms with Crippen molar-refractivity contribution < 1.29 is 9.59 Å². The van der Waals surface area contributed by atoms with E-state index < -0.39 is 0 Å². The maximum Gasteiger partial charge on any atom is 0.253 e. The Balaban J connectivity index is 1.92. The molecule has 1 saturated carbocycles. The number of nitrogens with zero attached hydrogens (tertiary/aromatic N) is 1. The lowest BCUT2D eigenvalue weighted by Crippen LogP contribution is -2.38. The highest BCUT2D eigenvalue weighted by molar-refractivity contribution is 5.97. The van der Waals surface area contributed by atoms with Crippen molar-refractivity contribution in [3.05, 3.63) is 35.4 Å². The van der Waals surface area contributed by atoms with Gasteiger partial charge in [0, 0.05) is 36.8 Å². The molecule has 1 aromatic carbocycles. The van der Waals surface area contributed by atoms with E-state index in [0.717, 1.165) is 13.0 Å². The summed E-state index contributed by atoms with van der Waals surface area (Å²) in [5.74, 6) is 0.437. The van der Waals surface area contributed by atoms with E-state index in [1.54, 1.807) is 24.3 Å². The second-order valence-corrected chi connectivity index (χ2v) is 6.17. The molecule has 2 rings (SSSR count). The molecule has 0 aromatic heterocycles. The second kappa shape index (κ2) is 8.11. The number of nitrogens with two attached hydrogens (primary N) is 1. The van der Waals surface area contributed by atoms with Crippen molar-refractivity contribution in [2.24, 2.45) is 11.7 Å². The largest absolute Gasteiger partial charge is 0.350 e. The zero-order chi connectivity index (χ0) is 16.8. The van der Waals surface area contributed by atoms with Crippen molar-refractivity contribution >= 4 is 11.8 Å². The van der Waals surface area contributed by atoms with Crippen LogP contribution in [0.25, 0.3) is 0 Å². The third-order valence-corrected chi connectivity index (χ3v) is 4.28. The normalized spacial score (nSPS) is 15.1. The van der Waals surface area contributed by atoms with Crippen molar-refractivity contribution in [2.45, 2.75) is 39.2 Å². The van der Waals surface area contributed by atoms with Crippen LogP contribution in [-0.2, 0) is 0 Å². The molecular weight excluding hydrogens is 290 g/mol. The lowest BCUT2D eigenvalue weighted by Gasteiger charge is -2.20. The van der Waals surface area contributed by atoms with Gasteiger partial charge in [0.15, 0.2) is 0 Å². The Bertz CT molecular complexity index is 538. The molecule has 5 heteroatoms. The van der Waals surface area contributed by atoms with Gasteiger partial charge < -0.3 is 16.0 Å². The summed E-state index contributed by atoms with van der Waals surface area (Å²) in [6.07, 6.45) is 3.26. The van der Waals surface area contributed by atoms with E-state index in [1.807, 2.05) is 11.8 Å². The Labute approximate surface area is 138 Å². The minimum absolute atomic E-state index is 0.0112. The zero-order valence-electron chi connectivity index (χ0n) is 14.0. The number of benzene rings is 1. The van der Waals surface area contributed by atoms with E-state index in [0.29, 0.717) is 30.1 Å². The molecular formula is C18H27N3O2. The quantitative estimate of drug-likeness (QED) is 0.770. The Hall–Kier alpha value is -1.88. The molecule has 0 spiro atoms. The average Bonchev–Trinajstić information content (AvgIpc) is 3.41. The fraction of sp³-hybridized carbons (Fsp3) is 0.556. The van der Waals surface area contributed by atoms with Crippen molar-refractivity contribution in [3.8, 4) is 0 Å². The van der Waals surface area contributed by atoms with Crippen LogP contribution in [0.3, 0.4) is 0 Å². The van der Waals surface area contributed by atoms with Gasteiger partial charge >= 0.3 is 0 Å². The van der Waals surface area contributed by atoms with Gasteiger partial charge in [-0.25, -0.2) is 0 Å². The van der Waals surface area contributed by atoms with Crippen LogP contribution in [0.2, 0.25) is 0 Å². The number of hydrogen-bond donors (Lipinski definition) is 2. The summed E-state index contributed by atoms with van der Waals surface area (Å²) in [5.41, 5.74) is 7.16. The summed E-state index contributed by atoms with van der Waals surface area (Å²) in [7, 11) is 0. The van der Waals surface area contributed by atoms with Crippen LogP contribution in [0, 0.1) is 5.92 Å². The molecule has 1 fully saturated rings. The molecule has 1 unspecified atom stereocenters. The van der Waals surface area contributed by atoms with Crippen LogP contribution >= 0.6 is 0 Å². The van der Waals surface area contributed by atoms with E-state index in [2.05, 4.69) is 12.2 Å². The van der Waals surface area contributed by atoms with Gasteiger partial charge in [-0.1, -0.05) is 6.92 Å². The first kappa shape index (κ1) is 17.5. The standard InChI is InChI=1S/C18H27N3O2/c1-3-11-21(4-2)18(23)15-9-7-14(8-10-15)17(22)20-12-16(19)13-5-6-13/h7-10,13,16H,3-6,11-12,19H2,1-2H3,(H,20,22). The Morgan fingerprint density at radius 1 is 1.22 bits per heavy atom. The van der Waals surface area contributed by atoms with Gasteiger partial charge in [0.05, 0.1) is 0 Å². The topological polar surface area (TPSA) is 75.4 Å². The van der Waals surface area contributed by atoms with Crippen molar-refractivity contribution in [1.29, 1.82) is 0 Å². The molecule has 0 radical (unpaired) electrons. The lowest BCUT2D eigenvalue weighted by molar-refractivity contribution is 0.0763.